The van der Waals surface area contributed by atoms with E-state index in [4.69, 9.17) is 43.4 Å². The summed E-state index contributed by atoms with van der Waals surface area (Å²) in [6, 6.07) is -0.787. The molecule has 4 unspecified atom stereocenters. The summed E-state index contributed by atoms with van der Waals surface area (Å²) in [7, 11) is 2.97. The van der Waals surface area contributed by atoms with Crippen LogP contribution in [-0.2, 0) is 42.7 Å². The first-order chi connectivity index (χ1) is 14.0. The van der Waals surface area contributed by atoms with Crippen molar-refractivity contribution < 1.29 is 42.7 Å². The van der Waals surface area contributed by atoms with Crippen molar-refractivity contribution in [2.24, 2.45) is 5.11 Å². The van der Waals surface area contributed by atoms with Gasteiger partial charge in [0.2, 0.25) is 0 Å². The molecule has 166 valence electrons. The first-order valence-corrected chi connectivity index (χ1v) is 9.40. The standard InChI is InChI=1S/C17H29N3O9/c1-5-24-17(21)12-6-11(26-8-22-3)14(19-20-18)16(29-12)15-13(27-9-23-4)7-25-10(2)28-15/h10-16H,5-9H2,1-4H3/t10?,11-,12+,13?,14-,15?,16?/m1/s1. The molecule has 2 rings (SSSR count). The molecule has 0 bridgehead atoms. The monoisotopic (exact) mass is 419 g/mol. The quantitative estimate of drug-likeness (QED) is 0.167. The molecule has 0 spiro atoms. The van der Waals surface area contributed by atoms with E-state index in [0.29, 0.717) is 0 Å². The van der Waals surface area contributed by atoms with Crippen LogP contribution in [-0.4, -0.2) is 89.8 Å². The number of nitrogens with zero attached hydrogens (tertiary/aromatic N) is 3. The fraction of sp³-hybridized carbons (Fsp3) is 0.941. The zero-order chi connectivity index (χ0) is 21.2. The highest BCUT2D eigenvalue weighted by Crippen LogP contribution is 2.33. The topological polar surface area (TPSA) is 140 Å². The van der Waals surface area contributed by atoms with Crippen molar-refractivity contribution in [2.75, 3.05) is 41.0 Å². The molecule has 0 aliphatic carbocycles. The molecule has 29 heavy (non-hydrogen) atoms. The van der Waals surface area contributed by atoms with Gasteiger partial charge in [-0.25, -0.2) is 4.79 Å². The van der Waals surface area contributed by atoms with E-state index in [1.807, 2.05) is 0 Å². The molecular formula is C17H29N3O9. The van der Waals surface area contributed by atoms with E-state index in [1.54, 1.807) is 13.8 Å². The van der Waals surface area contributed by atoms with Crippen LogP contribution in [0.2, 0.25) is 0 Å². The van der Waals surface area contributed by atoms with Crippen LogP contribution in [0.3, 0.4) is 0 Å². The Morgan fingerprint density at radius 3 is 2.45 bits per heavy atom. The number of esters is 1. The van der Waals surface area contributed by atoms with Crippen molar-refractivity contribution >= 4 is 5.97 Å². The number of methoxy groups -OCH3 is 2. The molecule has 0 aromatic heterocycles. The third kappa shape index (κ3) is 6.49. The van der Waals surface area contributed by atoms with Crippen LogP contribution in [0.5, 0.6) is 0 Å². The maximum Gasteiger partial charge on any atom is 0.335 e. The van der Waals surface area contributed by atoms with Gasteiger partial charge in [0.25, 0.3) is 0 Å². The van der Waals surface area contributed by atoms with Gasteiger partial charge >= 0.3 is 5.97 Å². The van der Waals surface area contributed by atoms with Gasteiger partial charge in [0.05, 0.1) is 31.5 Å². The Morgan fingerprint density at radius 2 is 1.83 bits per heavy atom. The summed E-state index contributed by atoms with van der Waals surface area (Å²) in [6.07, 6.45) is -4.08. The Balaban J connectivity index is 2.31. The second kappa shape index (κ2) is 12.3. The highest BCUT2D eigenvalue weighted by molar-refractivity contribution is 5.75. The van der Waals surface area contributed by atoms with E-state index in [-0.39, 0.29) is 33.2 Å². The SMILES string of the molecule is CCOC(=O)[C@@H]1C[C@@H](OCOC)[C@@H](N=[N+]=[N-])C(C2OC(C)OCC2OCOC)O1. The molecular weight excluding hydrogens is 390 g/mol. The van der Waals surface area contributed by atoms with Crippen LogP contribution in [0.25, 0.3) is 10.4 Å². The van der Waals surface area contributed by atoms with Crippen molar-refractivity contribution in [3.63, 3.8) is 0 Å². The molecule has 12 nitrogen and oxygen atoms in total. The fourth-order valence-electron chi connectivity index (χ4n) is 3.33. The van der Waals surface area contributed by atoms with Crippen LogP contribution in [0.1, 0.15) is 20.3 Å². The average molecular weight is 419 g/mol. The highest BCUT2D eigenvalue weighted by Gasteiger charge is 2.50. The van der Waals surface area contributed by atoms with Gasteiger partial charge in [0, 0.05) is 25.6 Å². The molecule has 0 N–H and O–H groups in total. The van der Waals surface area contributed by atoms with E-state index in [1.165, 1.54) is 14.2 Å². The first kappa shape index (κ1) is 23.8. The Bertz CT molecular complexity index is 558. The number of carbonyl (C=O) groups excluding carboxylic acids is 1. The molecule has 0 aromatic carbocycles. The highest BCUT2D eigenvalue weighted by atomic mass is 16.7. The zero-order valence-electron chi connectivity index (χ0n) is 17.1. The van der Waals surface area contributed by atoms with Gasteiger partial charge in [-0.2, -0.15) is 0 Å². The lowest BCUT2D eigenvalue weighted by Crippen LogP contribution is -2.61. The normalized spacial score (nSPS) is 35.0. The largest absolute Gasteiger partial charge is 0.464 e. The number of hydrogen-bond acceptors (Lipinski definition) is 10. The van der Waals surface area contributed by atoms with E-state index >= 15 is 0 Å². The number of rotatable bonds is 10. The number of azide groups is 1. The Kier molecular flexibility index (Phi) is 10.0. The van der Waals surface area contributed by atoms with Crippen molar-refractivity contribution in [3.05, 3.63) is 10.4 Å². The maximum atomic E-state index is 12.4. The van der Waals surface area contributed by atoms with Gasteiger partial charge in [-0.3, -0.25) is 0 Å². The molecule has 2 aliphatic heterocycles. The number of carbonyl (C=O) groups is 1. The summed E-state index contributed by atoms with van der Waals surface area (Å²) in [5.41, 5.74) is 9.10. The summed E-state index contributed by atoms with van der Waals surface area (Å²) in [6.45, 7) is 3.82. The summed E-state index contributed by atoms with van der Waals surface area (Å²) in [5, 5.41) is 3.87. The van der Waals surface area contributed by atoms with Gasteiger partial charge in [-0.15, -0.1) is 0 Å². The lowest BCUT2D eigenvalue weighted by atomic mass is 9.90. The molecule has 12 heteroatoms. The van der Waals surface area contributed by atoms with E-state index in [0.717, 1.165) is 0 Å². The first-order valence-electron chi connectivity index (χ1n) is 9.40. The fourth-order valence-corrected chi connectivity index (χ4v) is 3.33. The summed E-state index contributed by atoms with van der Waals surface area (Å²) >= 11 is 0. The third-order valence-electron chi connectivity index (χ3n) is 4.55. The Labute approximate surface area is 169 Å². The molecule has 2 heterocycles. The van der Waals surface area contributed by atoms with Gasteiger partial charge in [-0.1, -0.05) is 5.11 Å². The molecule has 0 aromatic rings. The van der Waals surface area contributed by atoms with Crippen LogP contribution >= 0.6 is 0 Å². The molecule has 2 saturated heterocycles. The second-order valence-electron chi connectivity index (χ2n) is 6.50. The van der Waals surface area contributed by atoms with Crippen LogP contribution in [0.15, 0.2) is 5.11 Å². The average Bonchev–Trinajstić information content (AvgIpc) is 2.72. The van der Waals surface area contributed by atoms with Crippen molar-refractivity contribution in [1.29, 1.82) is 0 Å². The molecule has 2 fully saturated rings. The Morgan fingerprint density at radius 1 is 1.14 bits per heavy atom. The van der Waals surface area contributed by atoms with Crippen LogP contribution in [0, 0.1) is 0 Å². The Hall–Kier alpha value is -1.50. The molecule has 2 aliphatic rings. The van der Waals surface area contributed by atoms with Crippen molar-refractivity contribution in [3.8, 4) is 0 Å². The summed E-state index contributed by atoms with van der Waals surface area (Å²) < 4.78 is 43.8. The molecule has 0 amide bonds. The van der Waals surface area contributed by atoms with Crippen molar-refractivity contribution in [2.45, 2.75) is 63.1 Å². The van der Waals surface area contributed by atoms with E-state index in [9.17, 15) is 4.79 Å². The number of ether oxygens (including phenoxy) is 8. The second-order valence-corrected chi connectivity index (χ2v) is 6.50. The minimum Gasteiger partial charge on any atom is -0.464 e. The molecule has 7 atom stereocenters. The molecule has 0 saturated carbocycles. The predicted octanol–water partition coefficient (Wildman–Crippen LogP) is 1.13. The van der Waals surface area contributed by atoms with E-state index in [2.05, 4.69) is 10.0 Å². The van der Waals surface area contributed by atoms with Crippen molar-refractivity contribution in [1.82, 2.24) is 0 Å². The van der Waals surface area contributed by atoms with E-state index < -0.39 is 48.8 Å². The minimum atomic E-state index is -0.920. The van der Waals surface area contributed by atoms with Gasteiger partial charge in [0.15, 0.2) is 12.4 Å². The van der Waals surface area contributed by atoms with Crippen LogP contribution < -0.4 is 0 Å². The smallest absolute Gasteiger partial charge is 0.335 e. The molecule has 0 radical (unpaired) electrons. The zero-order valence-corrected chi connectivity index (χ0v) is 17.1. The van der Waals surface area contributed by atoms with Gasteiger partial charge in [0.1, 0.15) is 25.8 Å². The summed E-state index contributed by atoms with van der Waals surface area (Å²) in [4.78, 5) is 15.3. The number of hydrogen-bond donors (Lipinski definition) is 0. The lowest BCUT2D eigenvalue weighted by molar-refractivity contribution is -0.301. The predicted molar refractivity (Wildman–Crippen MR) is 96.6 cm³/mol. The van der Waals surface area contributed by atoms with Gasteiger partial charge < -0.3 is 37.9 Å². The maximum absolute atomic E-state index is 12.4. The third-order valence-corrected chi connectivity index (χ3v) is 4.55. The van der Waals surface area contributed by atoms with Gasteiger partial charge in [-0.05, 0) is 19.4 Å². The lowest BCUT2D eigenvalue weighted by Gasteiger charge is -2.45. The summed E-state index contributed by atoms with van der Waals surface area (Å²) in [5.74, 6) is -0.530. The van der Waals surface area contributed by atoms with Crippen LogP contribution in [0.4, 0.5) is 0 Å². The minimum absolute atomic E-state index is 0.00603.